The van der Waals surface area contributed by atoms with Crippen LogP contribution < -0.4 is 0 Å². The van der Waals surface area contributed by atoms with Crippen molar-refractivity contribution in [3.63, 3.8) is 0 Å². The molecule has 0 aliphatic heterocycles. The van der Waals surface area contributed by atoms with E-state index < -0.39 is 12.2 Å². The highest BCUT2D eigenvalue weighted by Crippen LogP contribution is 1.90. The van der Waals surface area contributed by atoms with Gasteiger partial charge in [-0.2, -0.15) is 0 Å². The third-order valence-corrected chi connectivity index (χ3v) is 1.35. The molecule has 0 bridgehead atoms. The van der Waals surface area contributed by atoms with Gasteiger partial charge in [-0.05, 0) is 6.92 Å². The van der Waals surface area contributed by atoms with Crippen molar-refractivity contribution in [2.24, 2.45) is 0 Å². The molecule has 0 amide bonds. The molecule has 0 aliphatic carbocycles. The molecule has 0 aromatic carbocycles. The molecule has 2 atom stereocenters. The van der Waals surface area contributed by atoms with Crippen LogP contribution >= 0.6 is 0 Å². The van der Waals surface area contributed by atoms with Crippen LogP contribution in [0.25, 0.3) is 0 Å². The smallest absolute Gasteiger partial charge is 0.101 e. The third-order valence-electron chi connectivity index (χ3n) is 1.35. The van der Waals surface area contributed by atoms with Gasteiger partial charge in [-0.3, -0.25) is 0 Å². The molecule has 0 aromatic rings. The second-order valence-electron chi connectivity index (χ2n) is 2.69. The van der Waals surface area contributed by atoms with Crippen molar-refractivity contribution in [2.45, 2.75) is 19.1 Å². The van der Waals surface area contributed by atoms with Gasteiger partial charge >= 0.3 is 0 Å². The Bertz CT molecular complexity index is 109. The molecule has 0 rings (SSSR count). The molecular weight excluding hydrogens is 176 g/mol. The summed E-state index contributed by atoms with van der Waals surface area (Å²) in [5, 5.41) is 26.5. The second kappa shape index (κ2) is 8.40. The molecule has 0 saturated heterocycles. The zero-order valence-corrected chi connectivity index (χ0v) is 7.85. The summed E-state index contributed by atoms with van der Waals surface area (Å²) in [4.78, 5) is 0. The fourth-order valence-corrected chi connectivity index (χ4v) is 0.695. The minimum absolute atomic E-state index is 0.0275. The normalized spacial score (nSPS) is 15.7. The zero-order valence-electron chi connectivity index (χ0n) is 7.85. The lowest BCUT2D eigenvalue weighted by atomic mass is 10.4. The molecule has 5 nitrogen and oxygen atoms in total. The lowest BCUT2D eigenvalue weighted by molar-refractivity contribution is -0.0465. The van der Waals surface area contributed by atoms with E-state index >= 15 is 0 Å². The first-order valence-corrected chi connectivity index (χ1v) is 4.33. The number of hydrogen-bond donors (Lipinski definition) is 3. The van der Waals surface area contributed by atoms with Crippen molar-refractivity contribution in [1.82, 2.24) is 0 Å². The predicted octanol–water partition coefficient (Wildman–Crippen LogP) is -1.25. The summed E-state index contributed by atoms with van der Waals surface area (Å²) in [5.41, 5.74) is 0. The molecule has 0 heterocycles. The summed E-state index contributed by atoms with van der Waals surface area (Å²) in [5.74, 6) is 0. The first kappa shape index (κ1) is 12.8. The lowest BCUT2D eigenvalue weighted by Crippen LogP contribution is -2.26. The Hall–Kier alpha value is -0.200. The first-order valence-electron chi connectivity index (χ1n) is 4.33. The SMILES string of the molecule is CCOCC(O)COCC(O)CO. The average Bonchev–Trinajstić information content (AvgIpc) is 2.14. The van der Waals surface area contributed by atoms with Gasteiger partial charge in [-0.1, -0.05) is 0 Å². The highest BCUT2D eigenvalue weighted by molar-refractivity contribution is 4.54. The van der Waals surface area contributed by atoms with E-state index in [1.807, 2.05) is 6.92 Å². The van der Waals surface area contributed by atoms with Crippen LogP contribution in [-0.4, -0.2) is 60.6 Å². The second-order valence-corrected chi connectivity index (χ2v) is 2.69. The Labute approximate surface area is 77.9 Å². The van der Waals surface area contributed by atoms with Gasteiger partial charge in [0, 0.05) is 6.61 Å². The van der Waals surface area contributed by atoms with Crippen molar-refractivity contribution >= 4 is 0 Å². The monoisotopic (exact) mass is 194 g/mol. The average molecular weight is 194 g/mol. The molecule has 0 radical (unpaired) electrons. The van der Waals surface area contributed by atoms with Gasteiger partial charge in [0.2, 0.25) is 0 Å². The summed E-state index contributed by atoms with van der Waals surface area (Å²) >= 11 is 0. The van der Waals surface area contributed by atoms with Gasteiger partial charge in [0.25, 0.3) is 0 Å². The first-order chi connectivity index (χ1) is 6.20. The summed E-state index contributed by atoms with van der Waals surface area (Å²) in [6.07, 6.45) is -1.55. The van der Waals surface area contributed by atoms with Gasteiger partial charge < -0.3 is 24.8 Å². The highest BCUT2D eigenvalue weighted by Gasteiger charge is 2.06. The van der Waals surface area contributed by atoms with Crippen molar-refractivity contribution in [3.05, 3.63) is 0 Å². The van der Waals surface area contributed by atoms with Crippen molar-refractivity contribution < 1.29 is 24.8 Å². The number of aliphatic hydroxyl groups excluding tert-OH is 3. The Morgan fingerprint density at radius 2 is 1.54 bits per heavy atom. The Balaban J connectivity index is 3.21. The van der Waals surface area contributed by atoms with Crippen molar-refractivity contribution in [2.75, 3.05) is 33.0 Å². The van der Waals surface area contributed by atoms with E-state index in [1.165, 1.54) is 0 Å². The van der Waals surface area contributed by atoms with Crippen molar-refractivity contribution in [3.8, 4) is 0 Å². The Kier molecular flexibility index (Phi) is 8.27. The molecule has 0 spiro atoms. The van der Waals surface area contributed by atoms with Crippen LogP contribution in [0.1, 0.15) is 6.92 Å². The minimum atomic E-state index is -0.876. The van der Waals surface area contributed by atoms with Crippen molar-refractivity contribution in [1.29, 1.82) is 0 Å². The lowest BCUT2D eigenvalue weighted by Gasteiger charge is -2.12. The number of hydrogen-bond acceptors (Lipinski definition) is 5. The molecular formula is C8H18O5. The molecule has 5 heteroatoms. The van der Waals surface area contributed by atoms with Crippen LogP contribution in [0.2, 0.25) is 0 Å². The van der Waals surface area contributed by atoms with Gasteiger partial charge in [0.05, 0.1) is 26.4 Å². The van der Waals surface area contributed by atoms with Gasteiger partial charge in [0.1, 0.15) is 12.2 Å². The van der Waals surface area contributed by atoms with Gasteiger partial charge in [-0.15, -0.1) is 0 Å². The van der Waals surface area contributed by atoms with Gasteiger partial charge in [0.15, 0.2) is 0 Å². The predicted molar refractivity (Wildman–Crippen MR) is 46.4 cm³/mol. The zero-order chi connectivity index (χ0) is 10.1. The number of ether oxygens (including phenoxy) is 2. The van der Waals surface area contributed by atoms with Crippen LogP contribution in [0.5, 0.6) is 0 Å². The Morgan fingerprint density at radius 3 is 2.08 bits per heavy atom. The van der Waals surface area contributed by atoms with E-state index in [-0.39, 0.29) is 26.4 Å². The standard InChI is InChI=1S/C8H18O5/c1-2-12-5-8(11)6-13-4-7(10)3-9/h7-11H,2-6H2,1H3. The minimum Gasteiger partial charge on any atom is -0.394 e. The fourth-order valence-electron chi connectivity index (χ4n) is 0.695. The molecule has 80 valence electrons. The van der Waals surface area contributed by atoms with E-state index in [4.69, 9.17) is 19.7 Å². The topological polar surface area (TPSA) is 79.2 Å². The number of aliphatic hydroxyl groups is 3. The quantitative estimate of drug-likeness (QED) is 0.450. The third kappa shape index (κ3) is 8.14. The molecule has 2 unspecified atom stereocenters. The molecule has 13 heavy (non-hydrogen) atoms. The van der Waals surface area contributed by atoms with Crippen LogP contribution in [-0.2, 0) is 9.47 Å². The van der Waals surface area contributed by atoms with Gasteiger partial charge in [-0.25, -0.2) is 0 Å². The maximum atomic E-state index is 9.17. The van der Waals surface area contributed by atoms with Crippen LogP contribution in [0.4, 0.5) is 0 Å². The van der Waals surface area contributed by atoms with E-state index in [1.54, 1.807) is 0 Å². The van der Waals surface area contributed by atoms with E-state index in [0.717, 1.165) is 0 Å². The maximum absolute atomic E-state index is 9.17. The summed E-state index contributed by atoms with van der Waals surface area (Å²) in [7, 11) is 0. The van der Waals surface area contributed by atoms with Crippen LogP contribution in [0, 0.1) is 0 Å². The summed E-state index contributed by atoms with van der Waals surface area (Å²) in [6, 6.07) is 0. The van der Waals surface area contributed by atoms with Crippen LogP contribution in [0.15, 0.2) is 0 Å². The molecule has 0 aromatic heterocycles. The molecule has 3 N–H and O–H groups in total. The molecule has 0 fully saturated rings. The number of rotatable bonds is 8. The van der Waals surface area contributed by atoms with E-state index in [9.17, 15) is 5.11 Å². The highest BCUT2D eigenvalue weighted by atomic mass is 16.5. The van der Waals surface area contributed by atoms with Crippen LogP contribution in [0.3, 0.4) is 0 Å². The largest absolute Gasteiger partial charge is 0.394 e. The summed E-state index contributed by atoms with van der Waals surface area (Å²) in [6.45, 7) is 2.42. The maximum Gasteiger partial charge on any atom is 0.101 e. The summed E-state index contributed by atoms with van der Waals surface area (Å²) < 4.78 is 9.84. The molecule has 0 saturated carbocycles. The van der Waals surface area contributed by atoms with E-state index in [2.05, 4.69) is 0 Å². The fraction of sp³-hybridized carbons (Fsp3) is 1.00. The molecule has 0 aliphatic rings. The van der Waals surface area contributed by atoms with E-state index in [0.29, 0.717) is 6.61 Å². The Morgan fingerprint density at radius 1 is 1.00 bits per heavy atom.